The molecule has 0 aromatic heterocycles. The van der Waals surface area contributed by atoms with Gasteiger partial charge in [0.05, 0.1) is 12.0 Å². The van der Waals surface area contributed by atoms with Crippen molar-refractivity contribution in [3.8, 4) is 11.5 Å². The number of rotatable bonds is 5. The molecule has 6 nitrogen and oxygen atoms in total. The van der Waals surface area contributed by atoms with Gasteiger partial charge in [-0.25, -0.2) is 0 Å². The van der Waals surface area contributed by atoms with E-state index >= 15 is 0 Å². The van der Waals surface area contributed by atoms with Crippen LogP contribution in [0.2, 0.25) is 5.02 Å². The molecule has 0 aliphatic carbocycles. The molecule has 110 valence electrons. The largest absolute Gasteiger partial charge is 0.508 e. The molecule has 0 atom stereocenters. The zero-order chi connectivity index (χ0) is 15.4. The Morgan fingerprint density at radius 1 is 1.33 bits per heavy atom. The van der Waals surface area contributed by atoms with Gasteiger partial charge in [-0.2, -0.15) is 0 Å². The Labute approximate surface area is 126 Å². The number of nitro groups is 1. The van der Waals surface area contributed by atoms with E-state index in [1.54, 1.807) is 18.2 Å². The van der Waals surface area contributed by atoms with Gasteiger partial charge in [-0.3, -0.25) is 10.1 Å². The van der Waals surface area contributed by atoms with E-state index in [9.17, 15) is 15.2 Å². The fraction of sp³-hybridized carbons (Fsp3) is 0.143. The maximum absolute atomic E-state index is 10.9. The maximum Gasteiger partial charge on any atom is 0.312 e. The standard InChI is InChI=1S/C14H13ClN2O4/c1-21-14-5-3-11(7-12(14)17(19)20)16-8-9-6-10(15)2-4-13(9)18/h2-7,16,18H,8H2,1H3. The van der Waals surface area contributed by atoms with Crippen LogP contribution >= 0.6 is 11.6 Å². The lowest BCUT2D eigenvalue weighted by molar-refractivity contribution is -0.385. The number of nitro benzene ring substituents is 1. The summed E-state index contributed by atoms with van der Waals surface area (Å²) in [4.78, 5) is 10.4. The molecular formula is C14H13ClN2O4. The number of nitrogens with zero attached hydrogens (tertiary/aromatic N) is 1. The van der Waals surface area contributed by atoms with Crippen molar-refractivity contribution in [2.45, 2.75) is 6.54 Å². The second-order valence-electron chi connectivity index (χ2n) is 4.27. The molecule has 0 aliphatic heterocycles. The highest BCUT2D eigenvalue weighted by Gasteiger charge is 2.15. The molecule has 2 N–H and O–H groups in total. The summed E-state index contributed by atoms with van der Waals surface area (Å²) in [6.45, 7) is 0.288. The van der Waals surface area contributed by atoms with Crippen LogP contribution < -0.4 is 10.1 Å². The number of hydrogen-bond acceptors (Lipinski definition) is 5. The van der Waals surface area contributed by atoms with Crippen LogP contribution in [0.4, 0.5) is 11.4 Å². The van der Waals surface area contributed by atoms with Crippen molar-refractivity contribution in [2.24, 2.45) is 0 Å². The van der Waals surface area contributed by atoms with Crippen LogP contribution in [0, 0.1) is 10.1 Å². The van der Waals surface area contributed by atoms with Gasteiger partial charge >= 0.3 is 5.69 Å². The number of halogens is 1. The lowest BCUT2D eigenvalue weighted by atomic mass is 10.2. The van der Waals surface area contributed by atoms with E-state index in [-0.39, 0.29) is 23.7 Å². The molecule has 0 heterocycles. The number of anilines is 1. The fourth-order valence-electron chi connectivity index (χ4n) is 1.84. The first-order valence-electron chi connectivity index (χ1n) is 6.05. The highest BCUT2D eigenvalue weighted by molar-refractivity contribution is 6.30. The Kier molecular flexibility index (Phi) is 4.49. The van der Waals surface area contributed by atoms with E-state index in [0.717, 1.165) is 0 Å². The Hall–Kier alpha value is -2.47. The minimum Gasteiger partial charge on any atom is -0.508 e. The van der Waals surface area contributed by atoms with Gasteiger partial charge in [0.25, 0.3) is 0 Å². The van der Waals surface area contributed by atoms with E-state index in [0.29, 0.717) is 16.3 Å². The van der Waals surface area contributed by atoms with Crippen LogP contribution in [-0.4, -0.2) is 17.1 Å². The zero-order valence-electron chi connectivity index (χ0n) is 11.2. The SMILES string of the molecule is COc1ccc(NCc2cc(Cl)ccc2O)cc1[N+](=O)[O-]. The molecule has 21 heavy (non-hydrogen) atoms. The van der Waals surface area contributed by atoms with Crippen LogP contribution in [0.5, 0.6) is 11.5 Å². The van der Waals surface area contributed by atoms with Crippen molar-refractivity contribution >= 4 is 23.0 Å². The van der Waals surface area contributed by atoms with Gasteiger partial charge in [0.15, 0.2) is 5.75 Å². The van der Waals surface area contributed by atoms with Gasteiger partial charge in [0.2, 0.25) is 0 Å². The molecule has 2 aromatic rings. The van der Waals surface area contributed by atoms with Crippen LogP contribution in [-0.2, 0) is 6.54 Å². The summed E-state index contributed by atoms with van der Waals surface area (Å²) >= 11 is 5.86. The van der Waals surface area contributed by atoms with E-state index in [2.05, 4.69) is 5.32 Å². The van der Waals surface area contributed by atoms with E-state index in [1.165, 1.54) is 25.3 Å². The van der Waals surface area contributed by atoms with Gasteiger partial charge in [-0.05, 0) is 30.3 Å². The second kappa shape index (κ2) is 6.32. The van der Waals surface area contributed by atoms with E-state index < -0.39 is 4.92 Å². The molecule has 2 rings (SSSR count). The van der Waals surface area contributed by atoms with Gasteiger partial charge in [0.1, 0.15) is 5.75 Å². The summed E-state index contributed by atoms with van der Waals surface area (Å²) in [6.07, 6.45) is 0. The number of phenolic OH excluding ortho intramolecular Hbond substituents is 1. The number of benzene rings is 2. The molecule has 0 aliphatic rings. The van der Waals surface area contributed by atoms with Crippen molar-refractivity contribution in [1.82, 2.24) is 0 Å². The maximum atomic E-state index is 10.9. The molecule has 0 spiro atoms. The Bertz CT molecular complexity index is 676. The van der Waals surface area contributed by atoms with Crippen molar-refractivity contribution in [2.75, 3.05) is 12.4 Å². The van der Waals surface area contributed by atoms with Crippen molar-refractivity contribution < 1.29 is 14.8 Å². The van der Waals surface area contributed by atoms with Crippen LogP contribution in [0.1, 0.15) is 5.56 Å². The number of methoxy groups -OCH3 is 1. The summed E-state index contributed by atoms with van der Waals surface area (Å²) in [5, 5.41) is 24.2. The Morgan fingerprint density at radius 3 is 2.76 bits per heavy atom. The Balaban J connectivity index is 2.18. The van der Waals surface area contributed by atoms with Gasteiger partial charge in [-0.1, -0.05) is 11.6 Å². The molecule has 0 saturated heterocycles. The fourth-order valence-corrected chi connectivity index (χ4v) is 2.03. The first-order chi connectivity index (χ1) is 10.0. The number of ether oxygens (including phenoxy) is 1. The average molecular weight is 309 g/mol. The van der Waals surface area contributed by atoms with Gasteiger partial charge in [-0.15, -0.1) is 0 Å². The van der Waals surface area contributed by atoms with Crippen LogP contribution in [0.25, 0.3) is 0 Å². The van der Waals surface area contributed by atoms with E-state index in [1.807, 2.05) is 0 Å². The quantitative estimate of drug-likeness (QED) is 0.651. The van der Waals surface area contributed by atoms with Crippen LogP contribution in [0.3, 0.4) is 0 Å². The summed E-state index contributed by atoms with van der Waals surface area (Å²) < 4.78 is 4.93. The molecule has 0 bridgehead atoms. The number of nitrogens with one attached hydrogen (secondary N) is 1. The van der Waals surface area contributed by atoms with E-state index in [4.69, 9.17) is 16.3 Å². The number of phenols is 1. The first-order valence-corrected chi connectivity index (χ1v) is 6.42. The average Bonchev–Trinajstić information content (AvgIpc) is 2.47. The summed E-state index contributed by atoms with van der Waals surface area (Å²) in [5.41, 5.74) is 1.01. The molecule has 7 heteroatoms. The highest BCUT2D eigenvalue weighted by atomic mass is 35.5. The topological polar surface area (TPSA) is 84.6 Å². The summed E-state index contributed by atoms with van der Waals surface area (Å²) in [6, 6.07) is 9.25. The third kappa shape index (κ3) is 3.55. The van der Waals surface area contributed by atoms with Crippen LogP contribution in [0.15, 0.2) is 36.4 Å². The summed E-state index contributed by atoms with van der Waals surface area (Å²) in [5.74, 6) is 0.297. The van der Waals surface area contributed by atoms with Gasteiger partial charge < -0.3 is 15.2 Å². The van der Waals surface area contributed by atoms with Crippen molar-refractivity contribution in [1.29, 1.82) is 0 Å². The molecular weight excluding hydrogens is 296 g/mol. The highest BCUT2D eigenvalue weighted by Crippen LogP contribution is 2.30. The van der Waals surface area contributed by atoms with Crippen molar-refractivity contribution in [3.05, 3.63) is 57.1 Å². The van der Waals surface area contributed by atoms with Gasteiger partial charge in [0, 0.05) is 28.9 Å². The number of hydrogen-bond donors (Lipinski definition) is 2. The monoisotopic (exact) mass is 308 g/mol. The first kappa shape index (κ1) is 14.9. The molecule has 0 saturated carbocycles. The Morgan fingerprint density at radius 2 is 2.10 bits per heavy atom. The molecule has 2 aromatic carbocycles. The third-order valence-corrected chi connectivity index (χ3v) is 3.14. The number of aromatic hydroxyl groups is 1. The molecule has 0 amide bonds. The summed E-state index contributed by atoms with van der Waals surface area (Å²) in [7, 11) is 1.37. The normalized spacial score (nSPS) is 10.2. The zero-order valence-corrected chi connectivity index (χ0v) is 11.9. The lowest BCUT2D eigenvalue weighted by Crippen LogP contribution is -2.01. The predicted octanol–water partition coefficient (Wildman–Crippen LogP) is 3.57. The predicted molar refractivity (Wildman–Crippen MR) is 80.1 cm³/mol. The lowest BCUT2D eigenvalue weighted by Gasteiger charge is -2.09. The molecule has 0 radical (unpaired) electrons. The second-order valence-corrected chi connectivity index (χ2v) is 4.71. The smallest absolute Gasteiger partial charge is 0.312 e. The third-order valence-electron chi connectivity index (χ3n) is 2.90. The van der Waals surface area contributed by atoms with Crippen molar-refractivity contribution in [3.63, 3.8) is 0 Å². The molecule has 0 unspecified atom stereocenters. The molecule has 0 fully saturated rings. The minimum absolute atomic E-state index is 0.106. The minimum atomic E-state index is -0.513.